The molecule has 0 saturated heterocycles. The molecule has 1 unspecified atom stereocenters. The Hall–Kier alpha value is -2.41. The first-order valence-corrected chi connectivity index (χ1v) is 9.60. The van der Waals surface area contributed by atoms with E-state index in [1.54, 1.807) is 11.8 Å². The largest absolute Gasteiger partial charge is 0.469 e. The Labute approximate surface area is 161 Å². The highest BCUT2D eigenvalue weighted by molar-refractivity contribution is 7.98. The number of esters is 1. The maximum Gasteiger partial charge on any atom is 0.307 e. The van der Waals surface area contributed by atoms with E-state index >= 15 is 0 Å². The molecule has 0 heterocycles. The molecule has 0 aliphatic rings. The summed E-state index contributed by atoms with van der Waals surface area (Å²) in [5, 5.41) is 2.78. The molecule has 1 atom stereocenters. The molecule has 2 aromatic carbocycles. The Kier molecular flexibility index (Phi) is 7.79. The van der Waals surface area contributed by atoms with Crippen molar-refractivity contribution in [2.45, 2.75) is 30.2 Å². The van der Waals surface area contributed by atoms with E-state index in [0.29, 0.717) is 0 Å². The second-order valence-corrected chi connectivity index (χ2v) is 6.77. The second-order valence-electron chi connectivity index (χ2n) is 5.89. The molecule has 0 aliphatic heterocycles. The van der Waals surface area contributed by atoms with Gasteiger partial charge in [0.15, 0.2) is 11.6 Å². The molecule has 7 heteroatoms. The van der Waals surface area contributed by atoms with Crippen LogP contribution in [0, 0.1) is 11.6 Å². The van der Waals surface area contributed by atoms with Gasteiger partial charge < -0.3 is 10.1 Å². The van der Waals surface area contributed by atoms with Crippen LogP contribution >= 0.6 is 11.8 Å². The number of amides is 1. The summed E-state index contributed by atoms with van der Waals surface area (Å²) < 4.78 is 31.7. The highest BCUT2D eigenvalue weighted by atomic mass is 32.2. The quantitative estimate of drug-likeness (QED) is 0.543. The van der Waals surface area contributed by atoms with Crippen LogP contribution in [-0.4, -0.2) is 25.2 Å². The van der Waals surface area contributed by atoms with Crippen molar-refractivity contribution in [1.29, 1.82) is 0 Å². The molecular formula is C20H21F2NO3S. The second kappa shape index (κ2) is 10.1. The zero-order chi connectivity index (χ0) is 19.8. The van der Waals surface area contributed by atoms with Crippen LogP contribution in [0.15, 0.2) is 47.4 Å². The van der Waals surface area contributed by atoms with E-state index in [1.165, 1.54) is 19.2 Å². The van der Waals surface area contributed by atoms with Gasteiger partial charge in [0.1, 0.15) is 0 Å². The van der Waals surface area contributed by atoms with Crippen molar-refractivity contribution in [2.24, 2.45) is 0 Å². The van der Waals surface area contributed by atoms with Gasteiger partial charge in [0, 0.05) is 11.3 Å². The van der Waals surface area contributed by atoms with Gasteiger partial charge in [-0.25, -0.2) is 8.78 Å². The van der Waals surface area contributed by atoms with Crippen LogP contribution in [0.4, 0.5) is 8.78 Å². The fourth-order valence-electron chi connectivity index (χ4n) is 2.59. The third kappa shape index (κ3) is 6.06. The third-order valence-electron chi connectivity index (χ3n) is 4.10. The van der Waals surface area contributed by atoms with Crippen LogP contribution in [0.1, 0.15) is 30.0 Å². The van der Waals surface area contributed by atoms with E-state index in [1.807, 2.05) is 30.5 Å². The highest BCUT2D eigenvalue weighted by Gasteiger charge is 2.19. The Morgan fingerprint density at radius 1 is 1.15 bits per heavy atom. The number of methoxy groups -OCH3 is 1. The zero-order valence-electron chi connectivity index (χ0n) is 15.1. The molecule has 2 aromatic rings. The lowest BCUT2D eigenvalue weighted by Crippen LogP contribution is -2.30. The number of carbonyl (C=O) groups excluding carboxylic acids is 2. The van der Waals surface area contributed by atoms with Crippen LogP contribution in [0.5, 0.6) is 0 Å². The summed E-state index contributed by atoms with van der Waals surface area (Å²) in [5.41, 5.74) is 0.905. The van der Waals surface area contributed by atoms with E-state index in [0.717, 1.165) is 16.5 Å². The van der Waals surface area contributed by atoms with Crippen LogP contribution in [0.3, 0.4) is 0 Å². The number of halogens is 2. The van der Waals surface area contributed by atoms with Gasteiger partial charge in [-0.15, -0.1) is 11.8 Å². The number of nitrogens with one attached hydrogen (secondary N) is 1. The normalized spacial score (nSPS) is 11.7. The predicted octanol–water partition coefficient (Wildman–Crippen LogP) is 4.04. The fraction of sp³-hybridized carbons (Fsp3) is 0.300. The molecule has 0 spiro atoms. The summed E-state index contributed by atoms with van der Waals surface area (Å²) in [6, 6.07) is 10.8. The Morgan fingerprint density at radius 3 is 2.48 bits per heavy atom. The molecule has 1 amide bonds. The highest BCUT2D eigenvalue weighted by Crippen LogP contribution is 2.22. The van der Waals surface area contributed by atoms with Crippen LogP contribution in [0.2, 0.25) is 0 Å². The van der Waals surface area contributed by atoms with Gasteiger partial charge in [0.2, 0.25) is 5.91 Å². The first-order valence-electron chi connectivity index (χ1n) is 8.37. The minimum atomic E-state index is -0.941. The molecule has 0 bridgehead atoms. The first kappa shape index (κ1) is 20.9. The van der Waals surface area contributed by atoms with E-state index in [-0.39, 0.29) is 30.7 Å². The van der Waals surface area contributed by atoms with Gasteiger partial charge in [-0.1, -0.05) is 24.3 Å². The Balaban J connectivity index is 2.05. The Bertz CT molecular complexity index is 796. The number of hydrogen-bond acceptors (Lipinski definition) is 4. The third-order valence-corrected chi connectivity index (χ3v) is 4.85. The molecule has 0 radical (unpaired) electrons. The monoisotopic (exact) mass is 393 g/mol. The molecular weight excluding hydrogens is 372 g/mol. The maximum atomic E-state index is 13.7. The van der Waals surface area contributed by atoms with Gasteiger partial charge >= 0.3 is 5.97 Å². The number of hydrogen-bond donors (Lipinski definition) is 1. The summed E-state index contributed by atoms with van der Waals surface area (Å²) >= 11 is 1.58. The first-order chi connectivity index (χ1) is 12.9. The minimum absolute atomic E-state index is 0.0187. The van der Waals surface area contributed by atoms with Crippen LogP contribution in [-0.2, 0) is 20.7 Å². The van der Waals surface area contributed by atoms with Crippen molar-refractivity contribution in [2.75, 3.05) is 13.4 Å². The summed E-state index contributed by atoms with van der Waals surface area (Å²) in [7, 11) is 1.28. The zero-order valence-corrected chi connectivity index (χ0v) is 15.9. The van der Waals surface area contributed by atoms with Gasteiger partial charge in [-0.2, -0.15) is 0 Å². The van der Waals surface area contributed by atoms with Crippen LogP contribution < -0.4 is 5.32 Å². The SMILES string of the molecule is COC(=O)CC(NC(=O)CCc1cccc(F)c1F)c1ccc(SC)cc1. The average molecular weight is 393 g/mol. The Morgan fingerprint density at radius 2 is 1.85 bits per heavy atom. The predicted molar refractivity (Wildman–Crippen MR) is 100 cm³/mol. The number of thioether (sulfide) groups is 1. The lowest BCUT2D eigenvalue weighted by atomic mass is 10.0. The van der Waals surface area contributed by atoms with E-state index in [9.17, 15) is 18.4 Å². The molecule has 0 fully saturated rings. The maximum absolute atomic E-state index is 13.7. The van der Waals surface area contributed by atoms with Gasteiger partial charge in [0.25, 0.3) is 0 Å². The number of benzene rings is 2. The average Bonchev–Trinajstić information content (AvgIpc) is 2.68. The summed E-state index contributed by atoms with van der Waals surface area (Å²) in [4.78, 5) is 25.1. The van der Waals surface area contributed by atoms with Crippen LogP contribution in [0.25, 0.3) is 0 Å². The van der Waals surface area contributed by atoms with E-state index in [2.05, 4.69) is 5.32 Å². The van der Waals surface area contributed by atoms with E-state index < -0.39 is 23.6 Å². The van der Waals surface area contributed by atoms with Gasteiger partial charge in [-0.3, -0.25) is 9.59 Å². The topological polar surface area (TPSA) is 55.4 Å². The van der Waals surface area contributed by atoms with Gasteiger partial charge in [-0.05, 0) is 42.0 Å². The summed E-state index contributed by atoms with van der Waals surface area (Å²) in [6.45, 7) is 0. The molecule has 144 valence electrons. The van der Waals surface area contributed by atoms with Crippen molar-refractivity contribution >= 4 is 23.6 Å². The molecule has 27 heavy (non-hydrogen) atoms. The van der Waals surface area contributed by atoms with Gasteiger partial charge in [0.05, 0.1) is 19.6 Å². The van der Waals surface area contributed by atoms with Crippen molar-refractivity contribution in [3.05, 3.63) is 65.2 Å². The lowest BCUT2D eigenvalue weighted by molar-refractivity contribution is -0.141. The standard InChI is InChI=1S/C20H21F2NO3S/c1-26-19(25)12-17(13-6-9-15(27-2)10-7-13)23-18(24)11-8-14-4-3-5-16(21)20(14)22/h3-7,9-10,17H,8,11-12H2,1-2H3,(H,23,24). The molecule has 4 nitrogen and oxygen atoms in total. The smallest absolute Gasteiger partial charge is 0.307 e. The molecule has 0 aliphatic carbocycles. The van der Waals surface area contributed by atoms with Crippen molar-refractivity contribution in [1.82, 2.24) is 5.32 Å². The number of aryl methyl sites for hydroxylation is 1. The number of carbonyl (C=O) groups is 2. The molecule has 2 rings (SSSR count). The van der Waals surface area contributed by atoms with Crippen molar-refractivity contribution in [3.63, 3.8) is 0 Å². The molecule has 1 N–H and O–H groups in total. The van der Waals surface area contributed by atoms with Crippen molar-refractivity contribution < 1.29 is 23.1 Å². The number of rotatable bonds is 8. The summed E-state index contributed by atoms with van der Waals surface area (Å²) in [6.07, 6.45) is 1.97. The molecule has 0 aromatic heterocycles. The molecule has 0 saturated carbocycles. The lowest BCUT2D eigenvalue weighted by Gasteiger charge is -2.18. The fourth-order valence-corrected chi connectivity index (χ4v) is 3.00. The van der Waals surface area contributed by atoms with Crippen molar-refractivity contribution in [3.8, 4) is 0 Å². The summed E-state index contributed by atoms with van der Waals surface area (Å²) in [5.74, 6) is -2.69. The minimum Gasteiger partial charge on any atom is -0.469 e. The number of ether oxygens (including phenoxy) is 1. The van der Waals surface area contributed by atoms with E-state index in [4.69, 9.17) is 4.74 Å².